The summed E-state index contributed by atoms with van der Waals surface area (Å²) in [6.45, 7) is 3.53. The maximum absolute atomic E-state index is 12.9. The number of hydrogen-bond acceptors (Lipinski definition) is 3. The average Bonchev–Trinajstić information content (AvgIpc) is 3.35. The summed E-state index contributed by atoms with van der Waals surface area (Å²) in [5.74, 6) is 0.227. The standard InChI is InChI=1S/C19H21ClF3N3O2/c1-18(2,28-14-7-5-13(20)6-8-14)17(27)24-9-10-26-15(12-3-4-12)11-16(25-26)19(21,22)23/h5-8,11-12H,3-4,9-10H2,1-2H3,(H,24,27). The average molecular weight is 416 g/mol. The Hall–Kier alpha value is -2.22. The molecule has 152 valence electrons. The van der Waals surface area contributed by atoms with Gasteiger partial charge in [-0.25, -0.2) is 0 Å². The number of nitrogens with one attached hydrogen (secondary N) is 1. The SMILES string of the molecule is CC(C)(Oc1ccc(Cl)cc1)C(=O)NCCn1nc(C(F)(F)F)cc1C1CC1. The van der Waals surface area contributed by atoms with Crippen LogP contribution in [0, 0.1) is 0 Å². The molecule has 1 aromatic carbocycles. The van der Waals surface area contributed by atoms with Crippen molar-refractivity contribution in [2.75, 3.05) is 6.54 Å². The first-order valence-corrected chi connectivity index (χ1v) is 9.32. The smallest absolute Gasteiger partial charge is 0.435 e. The van der Waals surface area contributed by atoms with Gasteiger partial charge in [0.2, 0.25) is 0 Å². The normalized spacial score (nSPS) is 14.8. The van der Waals surface area contributed by atoms with Crippen LogP contribution in [0.1, 0.15) is 44.0 Å². The van der Waals surface area contributed by atoms with Gasteiger partial charge in [0.25, 0.3) is 5.91 Å². The number of rotatable bonds is 7. The fourth-order valence-corrected chi connectivity index (χ4v) is 2.91. The van der Waals surface area contributed by atoms with Gasteiger partial charge in [0.05, 0.1) is 6.54 Å². The van der Waals surface area contributed by atoms with Crippen LogP contribution in [0.5, 0.6) is 5.75 Å². The van der Waals surface area contributed by atoms with Crippen LogP contribution in [0.25, 0.3) is 0 Å². The molecule has 1 saturated carbocycles. The van der Waals surface area contributed by atoms with Crippen molar-refractivity contribution in [1.29, 1.82) is 0 Å². The number of halogens is 4. The van der Waals surface area contributed by atoms with Crippen LogP contribution in [0.3, 0.4) is 0 Å². The Balaban J connectivity index is 1.59. The highest BCUT2D eigenvalue weighted by atomic mass is 35.5. The van der Waals surface area contributed by atoms with Gasteiger partial charge in [0.15, 0.2) is 11.3 Å². The summed E-state index contributed by atoms with van der Waals surface area (Å²) in [6, 6.07) is 7.72. The third kappa shape index (κ3) is 4.98. The van der Waals surface area contributed by atoms with Gasteiger partial charge in [-0.1, -0.05) is 11.6 Å². The topological polar surface area (TPSA) is 56.1 Å². The number of alkyl halides is 3. The molecule has 1 aromatic heterocycles. The number of carbonyl (C=O) groups excluding carboxylic acids is 1. The maximum atomic E-state index is 12.9. The van der Waals surface area contributed by atoms with Crippen molar-refractivity contribution in [3.05, 3.63) is 46.7 Å². The first-order chi connectivity index (χ1) is 13.1. The monoisotopic (exact) mass is 415 g/mol. The maximum Gasteiger partial charge on any atom is 0.435 e. The molecule has 0 saturated heterocycles. The van der Waals surface area contributed by atoms with E-state index in [2.05, 4.69) is 10.4 Å². The Labute approximate surface area is 165 Å². The summed E-state index contributed by atoms with van der Waals surface area (Å²) in [4.78, 5) is 12.5. The van der Waals surface area contributed by atoms with Gasteiger partial charge in [0, 0.05) is 23.2 Å². The molecule has 1 fully saturated rings. The first-order valence-electron chi connectivity index (χ1n) is 8.94. The van der Waals surface area contributed by atoms with Crippen LogP contribution in [-0.4, -0.2) is 27.8 Å². The van der Waals surface area contributed by atoms with E-state index in [0.29, 0.717) is 16.5 Å². The molecule has 1 amide bonds. The lowest BCUT2D eigenvalue weighted by Crippen LogP contribution is -2.47. The van der Waals surface area contributed by atoms with E-state index < -0.39 is 17.5 Å². The Kier molecular flexibility index (Phi) is 5.61. The van der Waals surface area contributed by atoms with E-state index in [1.807, 2.05) is 0 Å². The zero-order valence-electron chi connectivity index (χ0n) is 15.5. The molecule has 0 radical (unpaired) electrons. The summed E-state index contributed by atoms with van der Waals surface area (Å²) in [5, 5.41) is 6.93. The zero-order chi connectivity index (χ0) is 20.5. The number of carbonyl (C=O) groups is 1. The van der Waals surface area contributed by atoms with Crippen LogP contribution in [0.2, 0.25) is 5.02 Å². The highest BCUT2D eigenvalue weighted by molar-refractivity contribution is 6.30. The van der Waals surface area contributed by atoms with E-state index in [1.54, 1.807) is 38.1 Å². The van der Waals surface area contributed by atoms with Crippen molar-refractivity contribution in [3.63, 3.8) is 0 Å². The summed E-state index contributed by atoms with van der Waals surface area (Å²) in [7, 11) is 0. The molecule has 1 aliphatic carbocycles. The minimum atomic E-state index is -4.48. The molecule has 0 unspecified atom stereocenters. The van der Waals surface area contributed by atoms with Crippen LogP contribution in [0.15, 0.2) is 30.3 Å². The van der Waals surface area contributed by atoms with Crippen molar-refractivity contribution < 1.29 is 22.7 Å². The second kappa shape index (κ2) is 7.66. The second-order valence-corrected chi connectivity index (χ2v) is 7.71. The first kappa shape index (κ1) is 20.5. The van der Waals surface area contributed by atoms with Crippen LogP contribution in [-0.2, 0) is 17.5 Å². The van der Waals surface area contributed by atoms with E-state index in [0.717, 1.165) is 18.9 Å². The highest BCUT2D eigenvalue weighted by Gasteiger charge is 2.38. The Morgan fingerprint density at radius 1 is 1.29 bits per heavy atom. The van der Waals surface area contributed by atoms with Gasteiger partial charge in [-0.2, -0.15) is 18.3 Å². The molecular formula is C19H21ClF3N3O2. The summed E-state index contributed by atoms with van der Waals surface area (Å²) >= 11 is 5.83. The molecule has 2 aromatic rings. The van der Waals surface area contributed by atoms with E-state index in [-0.39, 0.29) is 24.9 Å². The van der Waals surface area contributed by atoms with Crippen molar-refractivity contribution >= 4 is 17.5 Å². The van der Waals surface area contributed by atoms with Crippen LogP contribution < -0.4 is 10.1 Å². The Morgan fingerprint density at radius 2 is 1.93 bits per heavy atom. The fraction of sp³-hybridized carbons (Fsp3) is 0.474. The van der Waals surface area contributed by atoms with Gasteiger partial charge in [-0.3, -0.25) is 9.48 Å². The molecule has 3 rings (SSSR count). The predicted octanol–water partition coefficient (Wildman–Crippen LogP) is 4.41. The lowest BCUT2D eigenvalue weighted by Gasteiger charge is -2.25. The van der Waals surface area contributed by atoms with Crippen molar-refractivity contribution in [2.24, 2.45) is 0 Å². The molecule has 0 aliphatic heterocycles. The van der Waals surface area contributed by atoms with Crippen molar-refractivity contribution in [3.8, 4) is 5.75 Å². The van der Waals surface area contributed by atoms with Gasteiger partial charge in [-0.15, -0.1) is 0 Å². The lowest BCUT2D eigenvalue weighted by atomic mass is 10.1. The van der Waals surface area contributed by atoms with Gasteiger partial charge >= 0.3 is 6.18 Å². The molecule has 0 spiro atoms. The Bertz CT molecular complexity index is 843. The van der Waals surface area contributed by atoms with E-state index >= 15 is 0 Å². The largest absolute Gasteiger partial charge is 0.478 e. The van der Waals surface area contributed by atoms with Crippen molar-refractivity contribution in [2.45, 2.75) is 50.9 Å². The molecule has 1 aliphatic rings. The number of hydrogen-bond donors (Lipinski definition) is 1. The molecule has 5 nitrogen and oxygen atoms in total. The number of nitrogens with zero attached hydrogens (tertiary/aromatic N) is 2. The van der Waals surface area contributed by atoms with Gasteiger partial charge < -0.3 is 10.1 Å². The third-order valence-electron chi connectivity index (χ3n) is 4.44. The van der Waals surface area contributed by atoms with Crippen LogP contribution >= 0.6 is 11.6 Å². The quantitative estimate of drug-likeness (QED) is 0.729. The number of amides is 1. The summed E-state index contributed by atoms with van der Waals surface area (Å²) in [5.41, 5.74) is -1.49. The Morgan fingerprint density at radius 3 is 2.50 bits per heavy atom. The predicted molar refractivity (Wildman–Crippen MR) is 98.4 cm³/mol. The van der Waals surface area contributed by atoms with E-state index in [4.69, 9.17) is 16.3 Å². The van der Waals surface area contributed by atoms with Gasteiger partial charge in [0.1, 0.15) is 5.75 Å². The molecule has 1 N–H and O–H groups in total. The number of aromatic nitrogens is 2. The minimum Gasteiger partial charge on any atom is -0.478 e. The minimum absolute atomic E-state index is 0.115. The van der Waals surface area contributed by atoms with E-state index in [1.165, 1.54) is 4.68 Å². The molecule has 0 bridgehead atoms. The molecule has 0 atom stereocenters. The van der Waals surface area contributed by atoms with E-state index in [9.17, 15) is 18.0 Å². The summed E-state index contributed by atoms with van der Waals surface area (Å²) in [6.07, 6.45) is -2.76. The zero-order valence-corrected chi connectivity index (χ0v) is 16.3. The highest BCUT2D eigenvalue weighted by Crippen LogP contribution is 2.42. The number of benzene rings is 1. The number of ether oxygens (including phenoxy) is 1. The molecule has 9 heteroatoms. The van der Waals surface area contributed by atoms with Crippen LogP contribution in [0.4, 0.5) is 13.2 Å². The third-order valence-corrected chi connectivity index (χ3v) is 4.69. The second-order valence-electron chi connectivity index (χ2n) is 7.27. The molecular weight excluding hydrogens is 395 g/mol. The van der Waals surface area contributed by atoms with Gasteiger partial charge in [-0.05, 0) is 57.0 Å². The van der Waals surface area contributed by atoms with Crippen molar-refractivity contribution in [1.82, 2.24) is 15.1 Å². The lowest BCUT2D eigenvalue weighted by molar-refractivity contribution is -0.141. The molecule has 1 heterocycles. The fourth-order valence-electron chi connectivity index (χ4n) is 2.79. The summed E-state index contributed by atoms with van der Waals surface area (Å²) < 4.78 is 45.8. The molecule has 28 heavy (non-hydrogen) atoms.